The van der Waals surface area contributed by atoms with Gasteiger partial charge < -0.3 is 24.5 Å². The van der Waals surface area contributed by atoms with Crippen LogP contribution in [0.3, 0.4) is 0 Å². The Morgan fingerprint density at radius 2 is 2.06 bits per heavy atom. The fraction of sp³-hybridized carbons (Fsp3) is 0.346. The highest BCUT2D eigenvalue weighted by atomic mass is 16.5. The summed E-state index contributed by atoms with van der Waals surface area (Å²) in [6, 6.07) is 7.08. The van der Waals surface area contributed by atoms with Crippen LogP contribution in [-0.4, -0.2) is 57.7 Å². The molecule has 4 aromatic rings. The summed E-state index contributed by atoms with van der Waals surface area (Å²) in [5, 5.41) is 17.9. The van der Waals surface area contributed by atoms with Gasteiger partial charge in [0.05, 0.1) is 23.4 Å². The molecule has 1 saturated heterocycles. The highest BCUT2D eigenvalue weighted by molar-refractivity contribution is 6.07. The van der Waals surface area contributed by atoms with E-state index in [0.717, 1.165) is 18.4 Å². The summed E-state index contributed by atoms with van der Waals surface area (Å²) >= 11 is 0. The quantitative estimate of drug-likeness (QED) is 0.463. The summed E-state index contributed by atoms with van der Waals surface area (Å²) < 4.78 is 13.7. The Kier molecular flexibility index (Phi) is 5.94. The van der Waals surface area contributed by atoms with Gasteiger partial charge in [-0.05, 0) is 50.8 Å². The Hall–Kier alpha value is -3.85. The molecule has 0 bridgehead atoms. The van der Waals surface area contributed by atoms with Crippen LogP contribution in [-0.2, 0) is 0 Å². The Bertz CT molecular complexity index is 1440. The van der Waals surface area contributed by atoms with Gasteiger partial charge in [0.15, 0.2) is 5.75 Å². The van der Waals surface area contributed by atoms with E-state index in [2.05, 4.69) is 10.4 Å². The van der Waals surface area contributed by atoms with E-state index in [1.54, 1.807) is 60.0 Å². The first-order valence-corrected chi connectivity index (χ1v) is 11.7. The number of hydrogen-bond donors (Lipinski definition) is 2. The summed E-state index contributed by atoms with van der Waals surface area (Å²) in [6.07, 6.45) is 5.32. The van der Waals surface area contributed by atoms with Crippen LogP contribution in [0.2, 0.25) is 0 Å². The number of nitrogens with one attached hydrogen (secondary N) is 1. The van der Waals surface area contributed by atoms with Gasteiger partial charge >= 0.3 is 0 Å². The SMILES string of the molecule is CNC(=O)c1c(C)oc2cc(Oc3ccnn4cc(C(=O)N5CCCC[C@@H](O)C5)c(C)c34)ccc12. The van der Waals surface area contributed by atoms with Crippen molar-refractivity contribution in [3.63, 3.8) is 0 Å². The molecular formula is C26H28N4O5. The zero-order chi connectivity index (χ0) is 24.7. The number of carbonyl (C=O) groups is 2. The molecule has 1 aromatic carbocycles. The summed E-state index contributed by atoms with van der Waals surface area (Å²) in [4.78, 5) is 27.2. The minimum absolute atomic E-state index is 0.117. The van der Waals surface area contributed by atoms with Crippen molar-refractivity contribution in [3.05, 3.63) is 59.1 Å². The highest BCUT2D eigenvalue weighted by Gasteiger charge is 2.26. The van der Waals surface area contributed by atoms with Crippen molar-refractivity contribution in [2.24, 2.45) is 0 Å². The van der Waals surface area contributed by atoms with Crippen molar-refractivity contribution in [2.45, 2.75) is 39.2 Å². The number of aliphatic hydroxyl groups is 1. The molecule has 9 nitrogen and oxygen atoms in total. The molecule has 2 amide bonds. The normalized spacial score (nSPS) is 16.5. The maximum Gasteiger partial charge on any atom is 0.255 e. The zero-order valence-electron chi connectivity index (χ0n) is 20.0. The molecule has 1 aliphatic heterocycles. The van der Waals surface area contributed by atoms with Gasteiger partial charge in [-0.3, -0.25) is 9.59 Å². The minimum Gasteiger partial charge on any atom is -0.460 e. The number of fused-ring (bicyclic) bond motifs is 2. The van der Waals surface area contributed by atoms with Crippen LogP contribution in [0.5, 0.6) is 11.5 Å². The molecule has 3 aromatic heterocycles. The van der Waals surface area contributed by atoms with Crippen molar-refractivity contribution >= 4 is 28.3 Å². The Morgan fingerprint density at radius 1 is 1.23 bits per heavy atom. The third kappa shape index (κ3) is 4.12. The Labute approximate surface area is 202 Å². The second kappa shape index (κ2) is 9.07. The lowest BCUT2D eigenvalue weighted by atomic mass is 10.1. The van der Waals surface area contributed by atoms with E-state index in [9.17, 15) is 14.7 Å². The molecule has 1 aliphatic rings. The Morgan fingerprint density at radius 3 is 2.86 bits per heavy atom. The molecule has 9 heteroatoms. The number of β-amino-alcohol motifs (C(OH)–C–C–N with tert-alkyl or cyclic N) is 1. The van der Waals surface area contributed by atoms with E-state index in [-0.39, 0.29) is 11.8 Å². The monoisotopic (exact) mass is 476 g/mol. The van der Waals surface area contributed by atoms with Crippen LogP contribution in [0.15, 0.2) is 41.1 Å². The van der Waals surface area contributed by atoms with E-state index >= 15 is 0 Å². The first-order valence-electron chi connectivity index (χ1n) is 11.7. The van der Waals surface area contributed by atoms with E-state index in [4.69, 9.17) is 9.15 Å². The van der Waals surface area contributed by atoms with Crippen LogP contribution < -0.4 is 10.1 Å². The van der Waals surface area contributed by atoms with Crippen molar-refractivity contribution in [2.75, 3.05) is 20.1 Å². The number of benzene rings is 1. The first kappa shape index (κ1) is 22.9. The fourth-order valence-corrected chi connectivity index (χ4v) is 4.79. The molecule has 2 N–H and O–H groups in total. The summed E-state index contributed by atoms with van der Waals surface area (Å²) in [5.74, 6) is 1.29. The molecule has 0 radical (unpaired) electrons. The smallest absolute Gasteiger partial charge is 0.255 e. The van der Waals surface area contributed by atoms with E-state index in [1.165, 1.54) is 0 Å². The summed E-state index contributed by atoms with van der Waals surface area (Å²) in [7, 11) is 1.58. The average Bonchev–Trinajstić information content (AvgIpc) is 3.26. The van der Waals surface area contributed by atoms with Crippen LogP contribution in [0.25, 0.3) is 16.5 Å². The summed E-state index contributed by atoms with van der Waals surface area (Å²) in [5.41, 5.74) is 3.03. The molecule has 35 heavy (non-hydrogen) atoms. The van der Waals surface area contributed by atoms with Crippen LogP contribution >= 0.6 is 0 Å². The molecule has 0 saturated carbocycles. The molecule has 1 fully saturated rings. The molecule has 0 unspecified atom stereocenters. The number of amides is 2. The highest BCUT2D eigenvalue weighted by Crippen LogP contribution is 2.34. The van der Waals surface area contributed by atoms with Crippen LogP contribution in [0, 0.1) is 13.8 Å². The van der Waals surface area contributed by atoms with Gasteiger partial charge in [-0.15, -0.1) is 0 Å². The van der Waals surface area contributed by atoms with Gasteiger partial charge in [-0.2, -0.15) is 5.10 Å². The topological polar surface area (TPSA) is 109 Å². The number of aliphatic hydroxyl groups excluding tert-OH is 1. The largest absolute Gasteiger partial charge is 0.460 e. The number of carbonyl (C=O) groups excluding carboxylic acids is 2. The number of aromatic nitrogens is 2. The van der Waals surface area contributed by atoms with Gasteiger partial charge in [0.1, 0.15) is 22.6 Å². The number of furan rings is 1. The summed E-state index contributed by atoms with van der Waals surface area (Å²) in [6.45, 7) is 4.59. The average molecular weight is 477 g/mol. The van der Waals surface area contributed by atoms with E-state index < -0.39 is 6.10 Å². The lowest BCUT2D eigenvalue weighted by Gasteiger charge is -2.22. The molecule has 5 rings (SSSR count). The first-order chi connectivity index (χ1) is 16.9. The van der Waals surface area contributed by atoms with E-state index in [1.807, 2.05) is 6.92 Å². The van der Waals surface area contributed by atoms with Crippen molar-refractivity contribution < 1.29 is 23.8 Å². The number of rotatable bonds is 4. The minimum atomic E-state index is -0.500. The molecule has 0 spiro atoms. The van der Waals surface area contributed by atoms with Crippen molar-refractivity contribution in [1.29, 1.82) is 0 Å². The maximum absolute atomic E-state index is 13.3. The number of aryl methyl sites for hydroxylation is 2. The number of ether oxygens (including phenoxy) is 1. The standard InChI is InChI=1S/C26H28N4O5/c1-15-20(26(33)29-11-5-4-6-17(31)13-29)14-30-24(15)21(9-10-28-30)35-18-7-8-19-22(12-18)34-16(2)23(19)25(32)27-3/h7-10,12,14,17,31H,4-6,11,13H2,1-3H3,(H,27,32)/t17-/m1/s1. The third-order valence-corrected chi connectivity index (χ3v) is 6.57. The van der Waals surface area contributed by atoms with Crippen LogP contribution in [0.1, 0.15) is 51.3 Å². The second-order valence-electron chi connectivity index (χ2n) is 8.93. The second-order valence-corrected chi connectivity index (χ2v) is 8.93. The number of likely N-dealkylation sites (tertiary alicyclic amines) is 1. The van der Waals surface area contributed by atoms with Crippen molar-refractivity contribution in [1.82, 2.24) is 19.8 Å². The van der Waals surface area contributed by atoms with E-state index in [0.29, 0.717) is 64.4 Å². The molecular weight excluding hydrogens is 448 g/mol. The van der Waals surface area contributed by atoms with Gasteiger partial charge in [-0.25, -0.2) is 4.52 Å². The lowest BCUT2D eigenvalue weighted by molar-refractivity contribution is 0.0655. The van der Waals surface area contributed by atoms with Gasteiger partial charge in [0.2, 0.25) is 0 Å². The van der Waals surface area contributed by atoms with Gasteiger partial charge in [0.25, 0.3) is 11.8 Å². The lowest BCUT2D eigenvalue weighted by Crippen LogP contribution is -2.36. The predicted molar refractivity (Wildman–Crippen MR) is 130 cm³/mol. The zero-order valence-corrected chi connectivity index (χ0v) is 20.0. The van der Waals surface area contributed by atoms with Crippen LogP contribution in [0.4, 0.5) is 0 Å². The third-order valence-electron chi connectivity index (χ3n) is 6.57. The molecule has 1 atom stereocenters. The van der Waals surface area contributed by atoms with Crippen molar-refractivity contribution in [3.8, 4) is 11.5 Å². The fourth-order valence-electron chi connectivity index (χ4n) is 4.79. The predicted octanol–water partition coefficient (Wildman–Crippen LogP) is 3.84. The van der Waals surface area contributed by atoms with Gasteiger partial charge in [-0.1, -0.05) is 0 Å². The molecule has 4 heterocycles. The Balaban J connectivity index is 1.49. The molecule has 0 aliphatic carbocycles. The molecule has 182 valence electrons. The number of nitrogens with zero attached hydrogens (tertiary/aromatic N) is 3. The maximum atomic E-state index is 13.3. The van der Waals surface area contributed by atoms with Gasteiger partial charge in [0, 0.05) is 43.9 Å². The number of hydrogen-bond acceptors (Lipinski definition) is 6.